The van der Waals surface area contributed by atoms with Gasteiger partial charge < -0.3 is 19.2 Å². The Labute approximate surface area is 167 Å². The highest BCUT2D eigenvalue weighted by Crippen LogP contribution is 2.32. The molecule has 1 atom stereocenters. The maximum Gasteiger partial charge on any atom is 0.277 e. The van der Waals surface area contributed by atoms with Gasteiger partial charge in [0.2, 0.25) is 11.8 Å². The average Bonchev–Trinajstić information content (AvgIpc) is 3.21. The van der Waals surface area contributed by atoms with Crippen molar-refractivity contribution < 1.29 is 18.7 Å². The number of methoxy groups -OCH3 is 2. The van der Waals surface area contributed by atoms with Crippen LogP contribution in [0, 0.1) is 0 Å². The number of rotatable bonds is 8. The first-order valence-electron chi connectivity index (χ1n) is 8.63. The van der Waals surface area contributed by atoms with E-state index in [1.807, 2.05) is 37.3 Å². The van der Waals surface area contributed by atoms with E-state index in [0.717, 1.165) is 5.56 Å². The predicted octanol–water partition coefficient (Wildman–Crippen LogP) is 3.72. The summed E-state index contributed by atoms with van der Waals surface area (Å²) >= 11 is 1.19. The first-order valence-corrected chi connectivity index (χ1v) is 9.62. The molecule has 0 aliphatic rings. The van der Waals surface area contributed by atoms with Crippen LogP contribution in [0.4, 0.5) is 0 Å². The molecule has 0 fully saturated rings. The predicted molar refractivity (Wildman–Crippen MR) is 107 cm³/mol. The molecule has 0 unspecified atom stereocenters. The lowest BCUT2D eigenvalue weighted by atomic mass is 10.1. The van der Waals surface area contributed by atoms with Crippen molar-refractivity contribution in [3.05, 3.63) is 54.1 Å². The first kappa shape index (κ1) is 19.8. The van der Waals surface area contributed by atoms with E-state index in [-0.39, 0.29) is 17.7 Å². The van der Waals surface area contributed by atoms with Gasteiger partial charge in [0.05, 0.1) is 26.0 Å². The zero-order valence-electron chi connectivity index (χ0n) is 15.8. The number of nitrogens with zero attached hydrogens (tertiary/aromatic N) is 2. The van der Waals surface area contributed by atoms with E-state index in [9.17, 15) is 4.79 Å². The van der Waals surface area contributed by atoms with Crippen LogP contribution in [-0.2, 0) is 4.79 Å². The molecule has 0 radical (unpaired) electrons. The van der Waals surface area contributed by atoms with Crippen LogP contribution < -0.4 is 14.8 Å². The number of nitrogens with one attached hydrogen (secondary N) is 1. The molecule has 0 saturated carbocycles. The zero-order valence-corrected chi connectivity index (χ0v) is 16.7. The average molecular weight is 399 g/mol. The van der Waals surface area contributed by atoms with Crippen molar-refractivity contribution in [1.29, 1.82) is 0 Å². The summed E-state index contributed by atoms with van der Waals surface area (Å²) in [5.74, 6) is 1.62. The molecular weight excluding hydrogens is 378 g/mol. The normalized spacial score (nSPS) is 11.7. The molecule has 1 N–H and O–H groups in total. The molecule has 7 nitrogen and oxygen atoms in total. The molecule has 1 amide bonds. The van der Waals surface area contributed by atoms with E-state index >= 15 is 0 Å². The summed E-state index contributed by atoms with van der Waals surface area (Å²) in [5, 5.41) is 11.3. The summed E-state index contributed by atoms with van der Waals surface area (Å²) in [6.45, 7) is 1.94. The fourth-order valence-electron chi connectivity index (χ4n) is 2.59. The van der Waals surface area contributed by atoms with Gasteiger partial charge in [-0.05, 0) is 30.7 Å². The van der Waals surface area contributed by atoms with Crippen LogP contribution in [-0.4, -0.2) is 36.1 Å². The number of thioether (sulfide) groups is 1. The van der Waals surface area contributed by atoms with Gasteiger partial charge in [0.15, 0.2) is 11.5 Å². The third kappa shape index (κ3) is 4.83. The zero-order chi connectivity index (χ0) is 19.9. The minimum Gasteiger partial charge on any atom is -0.493 e. The topological polar surface area (TPSA) is 86.5 Å². The number of ether oxygens (including phenoxy) is 2. The highest BCUT2D eigenvalue weighted by atomic mass is 32.2. The highest BCUT2D eigenvalue weighted by Gasteiger charge is 2.15. The van der Waals surface area contributed by atoms with E-state index in [0.29, 0.717) is 28.2 Å². The number of hydrogen-bond acceptors (Lipinski definition) is 7. The molecule has 0 bridgehead atoms. The van der Waals surface area contributed by atoms with Crippen LogP contribution in [0.5, 0.6) is 11.5 Å². The second-order valence-electron chi connectivity index (χ2n) is 5.93. The lowest BCUT2D eigenvalue weighted by Gasteiger charge is -2.13. The van der Waals surface area contributed by atoms with Crippen molar-refractivity contribution in [2.75, 3.05) is 20.0 Å². The Kier molecular flexibility index (Phi) is 6.54. The summed E-state index contributed by atoms with van der Waals surface area (Å²) in [5.41, 5.74) is 1.76. The van der Waals surface area contributed by atoms with E-state index < -0.39 is 0 Å². The van der Waals surface area contributed by atoms with Crippen LogP contribution in [0.2, 0.25) is 0 Å². The Hall–Kier alpha value is -3.00. The van der Waals surface area contributed by atoms with Gasteiger partial charge in [-0.25, -0.2) is 0 Å². The lowest BCUT2D eigenvalue weighted by molar-refractivity contribution is -0.119. The number of aromatic nitrogens is 2. The summed E-state index contributed by atoms with van der Waals surface area (Å²) in [7, 11) is 3.13. The summed E-state index contributed by atoms with van der Waals surface area (Å²) in [6.07, 6.45) is 0. The third-order valence-corrected chi connectivity index (χ3v) is 4.86. The van der Waals surface area contributed by atoms with Gasteiger partial charge >= 0.3 is 0 Å². The van der Waals surface area contributed by atoms with E-state index in [2.05, 4.69) is 15.5 Å². The van der Waals surface area contributed by atoms with Gasteiger partial charge in [0.1, 0.15) is 0 Å². The molecule has 8 heteroatoms. The highest BCUT2D eigenvalue weighted by molar-refractivity contribution is 7.99. The van der Waals surface area contributed by atoms with Gasteiger partial charge in [-0.3, -0.25) is 4.79 Å². The quantitative estimate of drug-likeness (QED) is 0.578. The Bertz CT molecular complexity index is 930. The first-order chi connectivity index (χ1) is 13.6. The largest absolute Gasteiger partial charge is 0.493 e. The maximum absolute atomic E-state index is 12.2. The van der Waals surface area contributed by atoms with Crippen LogP contribution >= 0.6 is 11.8 Å². The summed E-state index contributed by atoms with van der Waals surface area (Å²) < 4.78 is 16.2. The van der Waals surface area contributed by atoms with Crippen molar-refractivity contribution in [3.63, 3.8) is 0 Å². The molecule has 3 rings (SSSR count). The summed E-state index contributed by atoms with van der Waals surface area (Å²) in [6, 6.07) is 15.0. The van der Waals surface area contributed by atoms with Crippen molar-refractivity contribution in [1.82, 2.24) is 15.5 Å². The molecule has 0 aliphatic heterocycles. The molecule has 0 spiro atoms. The van der Waals surface area contributed by atoms with Crippen molar-refractivity contribution in [3.8, 4) is 23.0 Å². The van der Waals surface area contributed by atoms with Crippen molar-refractivity contribution in [2.24, 2.45) is 0 Å². The Morgan fingerprint density at radius 3 is 2.57 bits per heavy atom. The third-order valence-electron chi connectivity index (χ3n) is 4.04. The number of hydrogen-bond donors (Lipinski definition) is 1. The van der Waals surface area contributed by atoms with E-state index in [4.69, 9.17) is 13.9 Å². The smallest absolute Gasteiger partial charge is 0.277 e. The van der Waals surface area contributed by atoms with Crippen molar-refractivity contribution >= 4 is 17.7 Å². The molecule has 3 aromatic rings. The number of amides is 1. The molecule has 28 heavy (non-hydrogen) atoms. The lowest BCUT2D eigenvalue weighted by Crippen LogP contribution is -2.28. The van der Waals surface area contributed by atoms with E-state index in [1.54, 1.807) is 32.4 Å². The standard InChI is InChI=1S/C20H21N3O4S/c1-13(14-7-5-4-6-8-14)21-18(24)12-28-20-23-22-19(27-20)15-9-10-16(25-2)17(11-15)26-3/h4-11,13H,12H2,1-3H3,(H,21,24)/t13-/m0/s1. The fraction of sp³-hybridized carbons (Fsp3) is 0.250. The van der Waals surface area contributed by atoms with Crippen LogP contribution in [0.25, 0.3) is 11.5 Å². The van der Waals surface area contributed by atoms with Crippen LogP contribution in [0.15, 0.2) is 58.2 Å². The van der Waals surface area contributed by atoms with Crippen molar-refractivity contribution in [2.45, 2.75) is 18.2 Å². The van der Waals surface area contributed by atoms with Gasteiger partial charge in [-0.1, -0.05) is 42.1 Å². The van der Waals surface area contributed by atoms with Gasteiger partial charge in [0, 0.05) is 5.56 Å². The second-order valence-corrected chi connectivity index (χ2v) is 6.86. The maximum atomic E-state index is 12.2. The SMILES string of the molecule is COc1ccc(-c2nnc(SCC(=O)N[C@@H](C)c3ccccc3)o2)cc1OC. The van der Waals surface area contributed by atoms with Gasteiger partial charge in [-0.15, -0.1) is 10.2 Å². The Morgan fingerprint density at radius 1 is 1.11 bits per heavy atom. The van der Waals surface area contributed by atoms with Gasteiger partial charge in [0.25, 0.3) is 5.22 Å². The van der Waals surface area contributed by atoms with Crippen LogP contribution in [0.1, 0.15) is 18.5 Å². The second kappa shape index (κ2) is 9.27. The molecular formula is C20H21N3O4S. The Balaban J connectivity index is 1.58. The monoisotopic (exact) mass is 399 g/mol. The Morgan fingerprint density at radius 2 is 1.86 bits per heavy atom. The molecule has 1 aromatic heterocycles. The van der Waals surface area contributed by atoms with Gasteiger partial charge in [-0.2, -0.15) is 0 Å². The van der Waals surface area contributed by atoms with E-state index in [1.165, 1.54) is 11.8 Å². The summed E-state index contributed by atoms with van der Waals surface area (Å²) in [4.78, 5) is 12.2. The number of carbonyl (C=O) groups is 1. The minimum atomic E-state index is -0.104. The number of carbonyl (C=O) groups excluding carboxylic acids is 1. The van der Waals surface area contributed by atoms with Crippen LogP contribution in [0.3, 0.4) is 0 Å². The molecule has 0 saturated heterocycles. The molecule has 146 valence electrons. The molecule has 1 heterocycles. The fourth-order valence-corrected chi connectivity index (χ4v) is 3.16. The molecule has 0 aliphatic carbocycles. The minimum absolute atomic E-state index is 0.0701. The molecule has 2 aromatic carbocycles. The number of benzene rings is 2.